The fourth-order valence-corrected chi connectivity index (χ4v) is 2.46. The van der Waals surface area contributed by atoms with Crippen LogP contribution >= 0.6 is 11.3 Å². The molecule has 0 N–H and O–H groups in total. The van der Waals surface area contributed by atoms with Gasteiger partial charge in [0.1, 0.15) is 5.94 Å². The summed E-state index contributed by atoms with van der Waals surface area (Å²) in [7, 11) is 0. The van der Waals surface area contributed by atoms with Crippen LogP contribution in [-0.4, -0.2) is 23.3 Å². The molecule has 0 saturated heterocycles. The number of hydrogen-bond acceptors (Lipinski definition) is 3. The molecule has 1 aliphatic rings. The average molecular weight is 207 g/mol. The van der Waals surface area contributed by atoms with Gasteiger partial charge < -0.3 is 4.90 Å². The lowest BCUT2D eigenvalue weighted by Crippen LogP contribution is -2.33. The van der Waals surface area contributed by atoms with E-state index in [1.165, 1.54) is 6.92 Å². The Morgan fingerprint density at radius 2 is 2.36 bits per heavy atom. The van der Waals surface area contributed by atoms with Crippen LogP contribution < -0.4 is 0 Å². The van der Waals surface area contributed by atoms with Gasteiger partial charge in [0.05, 0.1) is 18.7 Å². The van der Waals surface area contributed by atoms with Gasteiger partial charge in [-0.05, 0) is 11.4 Å². The van der Waals surface area contributed by atoms with Crippen LogP contribution in [0.5, 0.6) is 0 Å². The fourth-order valence-electron chi connectivity index (χ4n) is 1.55. The summed E-state index contributed by atoms with van der Waals surface area (Å²) < 4.78 is 0. The highest BCUT2D eigenvalue weighted by atomic mass is 32.1. The SMILES string of the molecule is CC(=O)N1CC(=C=O)c2ccsc2C1. The second kappa shape index (κ2) is 3.40. The quantitative estimate of drug-likeness (QED) is 0.602. The third-order valence-electron chi connectivity index (χ3n) is 2.32. The smallest absolute Gasteiger partial charge is 0.220 e. The summed E-state index contributed by atoms with van der Waals surface area (Å²) in [5.41, 5.74) is 1.55. The van der Waals surface area contributed by atoms with Gasteiger partial charge in [0.15, 0.2) is 0 Å². The molecule has 0 aliphatic carbocycles. The zero-order chi connectivity index (χ0) is 10.1. The molecular weight excluding hydrogens is 198 g/mol. The molecule has 0 radical (unpaired) electrons. The molecule has 2 rings (SSSR count). The summed E-state index contributed by atoms with van der Waals surface area (Å²) in [5, 5.41) is 1.94. The van der Waals surface area contributed by atoms with Gasteiger partial charge >= 0.3 is 0 Å². The van der Waals surface area contributed by atoms with Crippen molar-refractivity contribution in [3.8, 4) is 0 Å². The van der Waals surface area contributed by atoms with E-state index < -0.39 is 0 Å². The molecule has 0 bridgehead atoms. The van der Waals surface area contributed by atoms with Gasteiger partial charge in [-0.15, -0.1) is 11.3 Å². The van der Waals surface area contributed by atoms with Gasteiger partial charge in [0, 0.05) is 17.4 Å². The minimum absolute atomic E-state index is 0.00296. The van der Waals surface area contributed by atoms with Gasteiger partial charge in [-0.3, -0.25) is 4.79 Å². The van der Waals surface area contributed by atoms with E-state index in [-0.39, 0.29) is 5.91 Å². The molecule has 14 heavy (non-hydrogen) atoms. The summed E-state index contributed by atoms with van der Waals surface area (Å²) in [6.07, 6.45) is 0. The third kappa shape index (κ3) is 1.39. The average Bonchev–Trinajstić information content (AvgIpc) is 2.63. The van der Waals surface area contributed by atoms with E-state index in [1.807, 2.05) is 17.4 Å². The number of fused-ring (bicyclic) bond motifs is 1. The summed E-state index contributed by atoms with van der Waals surface area (Å²) >= 11 is 1.57. The van der Waals surface area contributed by atoms with Crippen molar-refractivity contribution >= 4 is 28.8 Å². The van der Waals surface area contributed by atoms with Gasteiger partial charge in [0.2, 0.25) is 5.91 Å². The number of rotatable bonds is 0. The molecule has 0 unspecified atom stereocenters. The Bertz CT molecular complexity index is 429. The predicted octanol–water partition coefficient (Wildman–Crippen LogP) is 1.33. The van der Waals surface area contributed by atoms with E-state index in [4.69, 9.17) is 0 Å². The van der Waals surface area contributed by atoms with Crippen molar-refractivity contribution in [2.45, 2.75) is 13.5 Å². The van der Waals surface area contributed by atoms with Crippen LogP contribution in [-0.2, 0) is 16.1 Å². The Hall–Kier alpha value is -1.38. The van der Waals surface area contributed by atoms with Crippen molar-refractivity contribution in [1.29, 1.82) is 0 Å². The van der Waals surface area contributed by atoms with E-state index in [0.717, 1.165) is 10.4 Å². The van der Waals surface area contributed by atoms with Gasteiger partial charge in [-0.1, -0.05) is 0 Å². The van der Waals surface area contributed by atoms with Crippen molar-refractivity contribution in [2.24, 2.45) is 0 Å². The van der Waals surface area contributed by atoms with Crippen molar-refractivity contribution in [1.82, 2.24) is 4.90 Å². The van der Waals surface area contributed by atoms with Gasteiger partial charge in [-0.25, -0.2) is 4.79 Å². The maximum absolute atomic E-state index is 11.2. The zero-order valence-electron chi connectivity index (χ0n) is 7.74. The Labute approximate surface area is 85.6 Å². The summed E-state index contributed by atoms with van der Waals surface area (Å²) in [6.45, 7) is 2.52. The Morgan fingerprint density at radius 1 is 1.57 bits per heavy atom. The Morgan fingerprint density at radius 3 is 3.00 bits per heavy atom. The summed E-state index contributed by atoms with van der Waals surface area (Å²) in [5.74, 6) is 1.91. The van der Waals surface area contributed by atoms with Crippen molar-refractivity contribution in [2.75, 3.05) is 6.54 Å². The molecule has 1 aromatic heterocycles. The number of hydrogen-bond donors (Lipinski definition) is 0. The molecule has 3 nitrogen and oxygen atoms in total. The van der Waals surface area contributed by atoms with E-state index in [9.17, 15) is 9.59 Å². The van der Waals surface area contributed by atoms with Crippen LogP contribution in [0.1, 0.15) is 17.4 Å². The maximum Gasteiger partial charge on any atom is 0.220 e. The number of nitrogens with zero attached hydrogens (tertiary/aromatic N) is 1. The van der Waals surface area contributed by atoms with Crippen LogP contribution in [0.15, 0.2) is 11.4 Å². The summed E-state index contributed by atoms with van der Waals surface area (Å²) in [6, 6.07) is 1.91. The molecule has 0 spiro atoms. The van der Waals surface area contributed by atoms with Crippen molar-refractivity contribution in [3.05, 3.63) is 21.9 Å². The lowest BCUT2D eigenvalue weighted by molar-refractivity contribution is -0.128. The number of carbonyl (C=O) groups is 1. The highest BCUT2D eigenvalue weighted by Gasteiger charge is 2.23. The number of thiophene rings is 1. The fraction of sp³-hybridized carbons (Fsp3) is 0.300. The molecule has 0 saturated carbocycles. The van der Waals surface area contributed by atoms with Crippen LogP contribution in [0.4, 0.5) is 0 Å². The number of carbonyl (C=O) groups excluding carboxylic acids is 2. The van der Waals surface area contributed by atoms with Crippen LogP contribution in [0, 0.1) is 0 Å². The van der Waals surface area contributed by atoms with Crippen molar-refractivity contribution in [3.63, 3.8) is 0 Å². The minimum atomic E-state index is -0.00296. The Kier molecular flexibility index (Phi) is 2.23. The first-order chi connectivity index (χ1) is 6.72. The largest absolute Gasteiger partial charge is 0.333 e. The number of amides is 1. The molecular formula is C10H9NO2S. The molecule has 1 aliphatic heterocycles. The molecule has 4 heteroatoms. The van der Waals surface area contributed by atoms with Crippen LogP contribution in [0.2, 0.25) is 0 Å². The molecule has 72 valence electrons. The highest BCUT2D eigenvalue weighted by Crippen LogP contribution is 2.29. The molecule has 1 aromatic rings. The topological polar surface area (TPSA) is 37.4 Å². The van der Waals surface area contributed by atoms with E-state index in [1.54, 1.807) is 16.2 Å². The minimum Gasteiger partial charge on any atom is -0.333 e. The van der Waals surface area contributed by atoms with Crippen LogP contribution in [0.3, 0.4) is 0 Å². The second-order valence-corrected chi connectivity index (χ2v) is 4.21. The normalized spacial score (nSPS) is 14.9. The molecule has 0 fully saturated rings. The maximum atomic E-state index is 11.2. The van der Waals surface area contributed by atoms with Gasteiger partial charge in [-0.2, -0.15) is 0 Å². The van der Waals surface area contributed by atoms with Crippen LogP contribution in [0.25, 0.3) is 5.57 Å². The summed E-state index contributed by atoms with van der Waals surface area (Å²) in [4.78, 5) is 24.6. The molecule has 1 amide bonds. The molecule has 0 atom stereocenters. The van der Waals surface area contributed by atoms with E-state index in [0.29, 0.717) is 18.7 Å². The second-order valence-electron chi connectivity index (χ2n) is 3.21. The molecule has 2 heterocycles. The predicted molar refractivity (Wildman–Crippen MR) is 54.5 cm³/mol. The molecule has 0 aromatic carbocycles. The highest BCUT2D eigenvalue weighted by molar-refractivity contribution is 7.10. The first-order valence-corrected chi connectivity index (χ1v) is 5.16. The van der Waals surface area contributed by atoms with E-state index in [2.05, 4.69) is 0 Å². The first-order valence-electron chi connectivity index (χ1n) is 4.28. The lowest BCUT2D eigenvalue weighted by atomic mass is 10.0. The van der Waals surface area contributed by atoms with E-state index >= 15 is 0 Å². The van der Waals surface area contributed by atoms with Gasteiger partial charge in [0.25, 0.3) is 0 Å². The standard InChI is InChI=1S/C10H9NO2S/c1-7(13)11-4-8(6-12)9-2-3-14-10(9)5-11/h2-3H,4-5H2,1H3. The third-order valence-corrected chi connectivity index (χ3v) is 3.23. The Balaban J connectivity index is 2.43. The monoisotopic (exact) mass is 207 g/mol. The van der Waals surface area contributed by atoms with Crippen molar-refractivity contribution < 1.29 is 9.59 Å². The first kappa shape index (κ1) is 9.19. The zero-order valence-corrected chi connectivity index (χ0v) is 8.56. The lowest BCUT2D eigenvalue weighted by Gasteiger charge is -2.25.